The maximum absolute atomic E-state index is 11.9. The molecule has 1 heterocycles. The van der Waals surface area contributed by atoms with E-state index in [0.717, 1.165) is 11.3 Å². The number of hydrogen-bond donors (Lipinski definition) is 1. The van der Waals surface area contributed by atoms with Gasteiger partial charge in [0.25, 0.3) is 0 Å². The van der Waals surface area contributed by atoms with Crippen LogP contribution < -0.4 is 4.90 Å². The Kier molecular flexibility index (Phi) is 4.71. The molecule has 0 aliphatic carbocycles. The Morgan fingerprint density at radius 1 is 1.05 bits per heavy atom. The summed E-state index contributed by atoms with van der Waals surface area (Å²) in [6, 6.07) is 12.0. The minimum atomic E-state index is -0.0275. The van der Waals surface area contributed by atoms with Crippen LogP contribution in [0.5, 0.6) is 5.75 Å². The molecule has 0 unspecified atom stereocenters. The van der Waals surface area contributed by atoms with Crippen molar-refractivity contribution in [3.05, 3.63) is 58.1 Å². The van der Waals surface area contributed by atoms with Crippen LogP contribution in [0.25, 0.3) is 0 Å². The Hall–Kier alpha value is -1.36. The molecule has 1 aliphatic heterocycles. The Labute approximate surface area is 139 Å². The van der Waals surface area contributed by atoms with Gasteiger partial charge in [0.1, 0.15) is 5.75 Å². The largest absolute Gasteiger partial charge is 0.508 e. The number of hydrogen-bond acceptors (Lipinski definition) is 2. The molecule has 1 fully saturated rings. The van der Waals surface area contributed by atoms with Crippen LogP contribution in [0.1, 0.15) is 18.0 Å². The zero-order chi connectivity index (χ0) is 14.3. The molecule has 1 aliphatic rings. The Morgan fingerprint density at radius 2 is 1.71 bits per heavy atom. The number of β-lactam (4-membered cyclic amide) rings is 1. The van der Waals surface area contributed by atoms with E-state index in [0.29, 0.717) is 16.5 Å². The maximum atomic E-state index is 11.9. The molecule has 110 valence electrons. The second kappa shape index (κ2) is 6.18. The molecule has 0 radical (unpaired) electrons. The number of anilines is 1. The zero-order valence-electron chi connectivity index (χ0n) is 10.9. The summed E-state index contributed by atoms with van der Waals surface area (Å²) in [5.74, 6) is 0.252. The van der Waals surface area contributed by atoms with Gasteiger partial charge in [-0.1, -0.05) is 35.3 Å². The van der Waals surface area contributed by atoms with Crippen molar-refractivity contribution < 1.29 is 9.90 Å². The van der Waals surface area contributed by atoms with E-state index >= 15 is 0 Å². The summed E-state index contributed by atoms with van der Waals surface area (Å²) in [7, 11) is 0. The Balaban J connectivity index is 0.00000161. The monoisotopic (exact) mass is 341 g/mol. The first-order chi connectivity index (χ1) is 9.56. The summed E-state index contributed by atoms with van der Waals surface area (Å²) in [5.41, 5.74) is 1.71. The number of carbonyl (C=O) groups excluding carboxylic acids is 1. The van der Waals surface area contributed by atoms with E-state index in [1.165, 1.54) is 0 Å². The van der Waals surface area contributed by atoms with Crippen molar-refractivity contribution in [3.8, 4) is 5.75 Å². The number of nitrogens with zero attached hydrogens (tertiary/aromatic N) is 1. The fourth-order valence-corrected chi connectivity index (χ4v) is 2.63. The third-order valence-corrected chi connectivity index (χ3v) is 4.15. The van der Waals surface area contributed by atoms with Gasteiger partial charge >= 0.3 is 0 Å². The van der Waals surface area contributed by atoms with E-state index in [-0.39, 0.29) is 31.2 Å². The summed E-state index contributed by atoms with van der Waals surface area (Å²) in [4.78, 5) is 13.6. The molecule has 3 rings (SSSR count). The maximum Gasteiger partial charge on any atom is 0.230 e. The number of phenols is 1. The first kappa shape index (κ1) is 16.0. The quantitative estimate of drug-likeness (QED) is 0.827. The highest BCUT2D eigenvalue weighted by Gasteiger charge is 2.38. The second-order valence-corrected chi connectivity index (χ2v) is 5.49. The van der Waals surface area contributed by atoms with Crippen LogP contribution in [-0.2, 0) is 4.79 Å². The SMILES string of the molecule is O=C1C[C@@H](c2ccc(O)cc2)N1c1ccc(Cl)c(Cl)c1.S. The molecule has 2 aromatic carbocycles. The van der Waals surface area contributed by atoms with Crippen LogP contribution in [-0.4, -0.2) is 11.0 Å². The number of benzene rings is 2. The summed E-state index contributed by atoms with van der Waals surface area (Å²) in [6.07, 6.45) is 0.449. The lowest BCUT2D eigenvalue weighted by atomic mass is 9.93. The number of amides is 1. The smallest absolute Gasteiger partial charge is 0.230 e. The van der Waals surface area contributed by atoms with E-state index in [4.69, 9.17) is 23.2 Å². The van der Waals surface area contributed by atoms with Crippen molar-refractivity contribution in [3.63, 3.8) is 0 Å². The number of rotatable bonds is 2. The van der Waals surface area contributed by atoms with Crippen molar-refractivity contribution in [1.82, 2.24) is 0 Å². The molecular formula is C15H13Cl2NO2S. The molecule has 2 aromatic rings. The van der Waals surface area contributed by atoms with Crippen molar-refractivity contribution >= 4 is 48.3 Å². The van der Waals surface area contributed by atoms with Crippen LogP contribution in [0.4, 0.5) is 5.69 Å². The highest BCUT2D eigenvalue weighted by Crippen LogP contribution is 2.40. The molecule has 1 atom stereocenters. The molecule has 0 saturated carbocycles. The molecule has 6 heteroatoms. The summed E-state index contributed by atoms with van der Waals surface area (Å²) in [5, 5.41) is 10.2. The van der Waals surface area contributed by atoms with E-state index in [2.05, 4.69) is 0 Å². The molecule has 1 saturated heterocycles. The minimum Gasteiger partial charge on any atom is -0.508 e. The summed E-state index contributed by atoms with van der Waals surface area (Å²) >= 11 is 11.9. The molecule has 1 N–H and O–H groups in total. The minimum absolute atomic E-state index is 0. The number of aromatic hydroxyl groups is 1. The van der Waals surface area contributed by atoms with Crippen molar-refractivity contribution in [2.75, 3.05) is 4.90 Å². The first-order valence-electron chi connectivity index (χ1n) is 6.12. The predicted molar refractivity (Wildman–Crippen MR) is 89.8 cm³/mol. The van der Waals surface area contributed by atoms with E-state index in [1.54, 1.807) is 35.2 Å². The third-order valence-electron chi connectivity index (χ3n) is 3.41. The van der Waals surface area contributed by atoms with Gasteiger partial charge in [0.2, 0.25) is 5.91 Å². The van der Waals surface area contributed by atoms with Gasteiger partial charge in [0.05, 0.1) is 22.5 Å². The zero-order valence-corrected chi connectivity index (χ0v) is 13.4. The van der Waals surface area contributed by atoms with Gasteiger partial charge < -0.3 is 10.0 Å². The van der Waals surface area contributed by atoms with Crippen molar-refractivity contribution in [2.24, 2.45) is 0 Å². The number of halogens is 2. The second-order valence-electron chi connectivity index (χ2n) is 4.67. The number of carbonyl (C=O) groups is 1. The topological polar surface area (TPSA) is 40.5 Å². The van der Waals surface area contributed by atoms with Gasteiger partial charge in [-0.2, -0.15) is 13.5 Å². The van der Waals surface area contributed by atoms with Gasteiger partial charge in [-0.05, 0) is 35.9 Å². The fourth-order valence-electron chi connectivity index (χ4n) is 2.34. The molecule has 21 heavy (non-hydrogen) atoms. The third kappa shape index (κ3) is 2.98. The highest BCUT2D eigenvalue weighted by atomic mass is 35.5. The Morgan fingerprint density at radius 3 is 2.29 bits per heavy atom. The van der Waals surface area contributed by atoms with Crippen LogP contribution in [0, 0.1) is 0 Å². The number of phenolic OH excluding ortho intramolecular Hbond substituents is 1. The van der Waals surface area contributed by atoms with Gasteiger partial charge in [-0.3, -0.25) is 4.79 Å². The van der Waals surface area contributed by atoms with Crippen LogP contribution >= 0.6 is 36.7 Å². The molecule has 0 bridgehead atoms. The molecular weight excluding hydrogens is 329 g/mol. The van der Waals surface area contributed by atoms with Crippen molar-refractivity contribution in [2.45, 2.75) is 12.5 Å². The van der Waals surface area contributed by atoms with Crippen molar-refractivity contribution in [1.29, 1.82) is 0 Å². The van der Waals surface area contributed by atoms with Gasteiger partial charge in [-0.15, -0.1) is 0 Å². The highest BCUT2D eigenvalue weighted by molar-refractivity contribution is 7.59. The van der Waals surface area contributed by atoms with E-state index < -0.39 is 0 Å². The van der Waals surface area contributed by atoms with Gasteiger partial charge in [0.15, 0.2) is 0 Å². The van der Waals surface area contributed by atoms with E-state index in [9.17, 15) is 9.90 Å². The lowest BCUT2D eigenvalue weighted by Crippen LogP contribution is -2.46. The average molecular weight is 342 g/mol. The predicted octanol–water partition coefficient (Wildman–Crippen LogP) is 4.29. The molecule has 0 aromatic heterocycles. The average Bonchev–Trinajstić information content (AvgIpc) is 2.41. The fraction of sp³-hybridized carbons (Fsp3) is 0.133. The van der Waals surface area contributed by atoms with Crippen LogP contribution in [0.3, 0.4) is 0 Å². The molecule has 1 amide bonds. The first-order valence-corrected chi connectivity index (χ1v) is 6.88. The molecule has 3 nitrogen and oxygen atoms in total. The normalized spacial score (nSPS) is 17.1. The Bertz CT molecular complexity index is 676. The lowest BCUT2D eigenvalue weighted by molar-refractivity contribution is -0.124. The van der Waals surface area contributed by atoms with Gasteiger partial charge in [0, 0.05) is 5.69 Å². The van der Waals surface area contributed by atoms with Gasteiger partial charge in [-0.25, -0.2) is 0 Å². The lowest BCUT2D eigenvalue weighted by Gasteiger charge is -2.41. The van der Waals surface area contributed by atoms with Crippen LogP contribution in [0.15, 0.2) is 42.5 Å². The summed E-state index contributed by atoms with van der Waals surface area (Å²) < 4.78 is 0. The molecule has 0 spiro atoms. The van der Waals surface area contributed by atoms with Crippen LogP contribution in [0.2, 0.25) is 10.0 Å². The van der Waals surface area contributed by atoms with E-state index in [1.807, 2.05) is 12.1 Å². The standard InChI is InChI=1S/C15H11Cl2NO2.H2S/c16-12-6-3-10(7-13(12)17)18-14(8-15(18)20)9-1-4-11(19)5-2-9;/h1-7,14,19H,8H2;1H2/t14-;/m0./s1. The summed E-state index contributed by atoms with van der Waals surface area (Å²) in [6.45, 7) is 0.